The fourth-order valence-electron chi connectivity index (χ4n) is 3.79. The molecule has 8 nitrogen and oxygen atoms in total. The summed E-state index contributed by atoms with van der Waals surface area (Å²) in [6.07, 6.45) is 2.10. The Hall–Kier alpha value is -2.77. The van der Waals surface area contributed by atoms with E-state index < -0.39 is 5.54 Å². The highest BCUT2D eigenvalue weighted by Crippen LogP contribution is 2.32. The Labute approximate surface area is 159 Å². The van der Waals surface area contributed by atoms with Crippen LogP contribution in [-0.4, -0.2) is 60.5 Å². The number of guanidine groups is 1. The van der Waals surface area contributed by atoms with Gasteiger partial charge in [-0.3, -0.25) is 15.1 Å². The normalized spacial score (nSPS) is 25.8. The summed E-state index contributed by atoms with van der Waals surface area (Å²) < 4.78 is 5.19. The standard InChI is InChI=1S/C19H27N5O3/c1-19(11-16(25)23(2)17(20)22-19)13-6-5-9-24(12-13)18(26)21-14-7-4-8-15(10-14)27-3/h4,7-8,10,13H,5-6,9,11-12H2,1-3H3,(H2,20,22)(H,21,26)/t13?,19-/m0/s1. The fourth-order valence-corrected chi connectivity index (χ4v) is 3.79. The number of nitrogens with zero attached hydrogens (tertiary/aromatic N) is 2. The zero-order valence-electron chi connectivity index (χ0n) is 16.0. The molecule has 1 aromatic rings. The first kappa shape index (κ1) is 19.0. The predicted molar refractivity (Wildman–Crippen MR) is 103 cm³/mol. The number of likely N-dealkylation sites (tertiary alicyclic amines) is 1. The van der Waals surface area contributed by atoms with Gasteiger partial charge in [-0.1, -0.05) is 6.07 Å². The van der Waals surface area contributed by atoms with Crippen molar-refractivity contribution in [2.45, 2.75) is 31.7 Å². The number of carbonyl (C=O) groups excluding carboxylic acids is 2. The zero-order chi connectivity index (χ0) is 19.6. The molecule has 2 aliphatic heterocycles. The molecular formula is C19H27N5O3. The molecule has 146 valence electrons. The number of nitrogens with one attached hydrogen (secondary N) is 3. The molecular weight excluding hydrogens is 346 g/mol. The summed E-state index contributed by atoms with van der Waals surface area (Å²) in [5, 5.41) is 14.1. The lowest BCUT2D eigenvalue weighted by atomic mass is 9.76. The molecule has 2 heterocycles. The van der Waals surface area contributed by atoms with Crippen LogP contribution in [-0.2, 0) is 4.79 Å². The lowest BCUT2D eigenvalue weighted by molar-refractivity contribution is -0.130. The van der Waals surface area contributed by atoms with Crippen LogP contribution in [0.4, 0.5) is 10.5 Å². The molecule has 3 amide bonds. The molecule has 2 aliphatic rings. The summed E-state index contributed by atoms with van der Waals surface area (Å²) in [5.41, 5.74) is 0.164. The third-order valence-corrected chi connectivity index (χ3v) is 5.56. The lowest BCUT2D eigenvalue weighted by Gasteiger charge is -2.47. The number of hydrogen-bond donors (Lipinski definition) is 3. The molecule has 1 unspecified atom stereocenters. The number of urea groups is 1. The second-order valence-electron chi connectivity index (χ2n) is 7.47. The maximum Gasteiger partial charge on any atom is 0.321 e. The van der Waals surface area contributed by atoms with Crippen molar-refractivity contribution in [2.75, 3.05) is 32.6 Å². The van der Waals surface area contributed by atoms with E-state index in [0.29, 0.717) is 30.9 Å². The maximum atomic E-state index is 12.7. The first-order valence-corrected chi connectivity index (χ1v) is 9.15. The monoisotopic (exact) mass is 373 g/mol. The second-order valence-corrected chi connectivity index (χ2v) is 7.47. The predicted octanol–water partition coefficient (Wildman–Crippen LogP) is 2.08. The summed E-state index contributed by atoms with van der Waals surface area (Å²) in [4.78, 5) is 28.1. The number of methoxy groups -OCH3 is 1. The maximum absolute atomic E-state index is 12.7. The molecule has 0 bridgehead atoms. The summed E-state index contributed by atoms with van der Waals surface area (Å²) in [6, 6.07) is 7.09. The molecule has 3 N–H and O–H groups in total. The van der Waals surface area contributed by atoms with Crippen molar-refractivity contribution in [3.05, 3.63) is 24.3 Å². The van der Waals surface area contributed by atoms with Gasteiger partial charge in [0.2, 0.25) is 5.91 Å². The van der Waals surface area contributed by atoms with Crippen LogP contribution in [0.1, 0.15) is 26.2 Å². The molecule has 27 heavy (non-hydrogen) atoms. The van der Waals surface area contributed by atoms with Crippen LogP contribution in [0.25, 0.3) is 0 Å². The van der Waals surface area contributed by atoms with Gasteiger partial charge in [0.1, 0.15) is 5.75 Å². The highest BCUT2D eigenvalue weighted by molar-refractivity contribution is 5.98. The van der Waals surface area contributed by atoms with Crippen molar-refractivity contribution in [1.29, 1.82) is 5.41 Å². The van der Waals surface area contributed by atoms with Gasteiger partial charge in [0.15, 0.2) is 5.96 Å². The second kappa shape index (κ2) is 7.46. The van der Waals surface area contributed by atoms with E-state index in [0.717, 1.165) is 12.8 Å². The van der Waals surface area contributed by atoms with Crippen LogP contribution in [0.5, 0.6) is 5.75 Å². The van der Waals surface area contributed by atoms with E-state index in [9.17, 15) is 9.59 Å². The molecule has 0 aliphatic carbocycles. The number of hydrogen-bond acceptors (Lipinski definition) is 4. The number of rotatable bonds is 3. The van der Waals surface area contributed by atoms with Crippen LogP contribution in [0.2, 0.25) is 0 Å². The summed E-state index contributed by atoms with van der Waals surface area (Å²) in [5.74, 6) is 0.829. The van der Waals surface area contributed by atoms with Gasteiger partial charge in [-0.25, -0.2) is 4.79 Å². The highest BCUT2D eigenvalue weighted by atomic mass is 16.5. The van der Waals surface area contributed by atoms with Crippen molar-refractivity contribution in [3.8, 4) is 5.75 Å². The van der Waals surface area contributed by atoms with Crippen molar-refractivity contribution < 1.29 is 14.3 Å². The fraction of sp³-hybridized carbons (Fsp3) is 0.526. The first-order chi connectivity index (χ1) is 12.8. The summed E-state index contributed by atoms with van der Waals surface area (Å²) in [7, 11) is 3.19. The van der Waals surface area contributed by atoms with Crippen LogP contribution >= 0.6 is 0 Å². The van der Waals surface area contributed by atoms with Crippen molar-refractivity contribution in [2.24, 2.45) is 5.92 Å². The Balaban J connectivity index is 1.67. The molecule has 3 rings (SSSR count). The van der Waals surface area contributed by atoms with E-state index in [4.69, 9.17) is 10.1 Å². The third kappa shape index (κ3) is 3.99. The van der Waals surface area contributed by atoms with E-state index in [-0.39, 0.29) is 23.8 Å². The van der Waals surface area contributed by atoms with Gasteiger partial charge in [0.05, 0.1) is 19.1 Å². The van der Waals surface area contributed by atoms with E-state index >= 15 is 0 Å². The van der Waals surface area contributed by atoms with Gasteiger partial charge in [0, 0.05) is 31.9 Å². The van der Waals surface area contributed by atoms with Gasteiger partial charge in [-0.2, -0.15) is 0 Å². The van der Waals surface area contributed by atoms with E-state index in [1.165, 1.54) is 4.90 Å². The highest BCUT2D eigenvalue weighted by Gasteiger charge is 2.44. The van der Waals surface area contributed by atoms with E-state index in [1.54, 1.807) is 25.1 Å². The van der Waals surface area contributed by atoms with Gasteiger partial charge in [0.25, 0.3) is 0 Å². The van der Waals surface area contributed by atoms with Crippen LogP contribution in [0.3, 0.4) is 0 Å². The summed E-state index contributed by atoms with van der Waals surface area (Å²) >= 11 is 0. The minimum absolute atomic E-state index is 0.0702. The Kier molecular flexibility index (Phi) is 5.25. The van der Waals surface area contributed by atoms with Gasteiger partial charge in [-0.15, -0.1) is 0 Å². The molecule has 0 spiro atoms. The van der Waals surface area contributed by atoms with Gasteiger partial charge in [-0.05, 0) is 37.8 Å². The van der Waals surface area contributed by atoms with Crippen LogP contribution < -0.4 is 15.4 Å². The number of benzene rings is 1. The SMILES string of the molecule is COc1cccc(NC(=O)N2CCCC([C@]3(C)CC(=O)N(C)C(=N)N3)C2)c1. The lowest BCUT2D eigenvalue weighted by Crippen LogP contribution is -2.65. The number of amides is 3. The molecule has 0 saturated carbocycles. The van der Waals surface area contributed by atoms with Crippen LogP contribution in [0.15, 0.2) is 24.3 Å². The third-order valence-electron chi connectivity index (χ3n) is 5.56. The number of ether oxygens (including phenoxy) is 1. The minimum atomic E-state index is -0.518. The van der Waals surface area contributed by atoms with E-state index in [1.807, 2.05) is 25.1 Å². The van der Waals surface area contributed by atoms with Crippen molar-refractivity contribution in [3.63, 3.8) is 0 Å². The Morgan fingerprint density at radius 2 is 2.22 bits per heavy atom. The Morgan fingerprint density at radius 3 is 2.93 bits per heavy atom. The number of piperidine rings is 1. The quantitative estimate of drug-likeness (QED) is 0.756. The molecule has 0 aromatic heterocycles. The Bertz CT molecular complexity index is 733. The molecule has 2 saturated heterocycles. The van der Waals surface area contributed by atoms with Gasteiger partial charge >= 0.3 is 6.03 Å². The first-order valence-electron chi connectivity index (χ1n) is 9.15. The molecule has 0 radical (unpaired) electrons. The largest absolute Gasteiger partial charge is 0.497 e. The smallest absolute Gasteiger partial charge is 0.321 e. The Morgan fingerprint density at radius 1 is 1.44 bits per heavy atom. The topological polar surface area (TPSA) is 97.8 Å². The molecule has 1 aromatic carbocycles. The minimum Gasteiger partial charge on any atom is -0.497 e. The van der Waals surface area contributed by atoms with E-state index in [2.05, 4.69) is 10.6 Å². The molecule has 8 heteroatoms. The molecule has 2 fully saturated rings. The average molecular weight is 373 g/mol. The van der Waals surface area contributed by atoms with Crippen molar-refractivity contribution in [1.82, 2.24) is 15.1 Å². The van der Waals surface area contributed by atoms with Gasteiger partial charge < -0.3 is 20.3 Å². The molecule has 2 atom stereocenters. The zero-order valence-corrected chi connectivity index (χ0v) is 16.0. The van der Waals surface area contributed by atoms with Crippen molar-refractivity contribution >= 4 is 23.6 Å². The number of carbonyl (C=O) groups is 2. The van der Waals surface area contributed by atoms with Crippen LogP contribution in [0, 0.1) is 11.3 Å². The average Bonchev–Trinajstić information content (AvgIpc) is 2.66. The summed E-state index contributed by atoms with van der Waals surface area (Å²) in [6.45, 7) is 3.19. The number of anilines is 1.